The fraction of sp³-hybridized carbons (Fsp3) is 0.480. The molecular weight excluding hydrogens is 426 g/mol. The Morgan fingerprint density at radius 2 is 1.84 bits per heavy atom. The second kappa shape index (κ2) is 9.20. The van der Waals surface area contributed by atoms with Gasteiger partial charge in [-0.15, -0.1) is 0 Å². The van der Waals surface area contributed by atoms with Gasteiger partial charge in [0.25, 0.3) is 0 Å². The molecule has 1 aliphatic carbocycles. The number of amides is 2. The van der Waals surface area contributed by atoms with Crippen molar-refractivity contribution in [2.24, 2.45) is 0 Å². The zero-order chi connectivity index (χ0) is 22.9. The third kappa shape index (κ3) is 4.14. The molecule has 0 radical (unpaired) electrons. The summed E-state index contributed by atoms with van der Waals surface area (Å²) in [6.07, 6.45) is 3.99. The van der Waals surface area contributed by atoms with Crippen LogP contribution in [0.25, 0.3) is 0 Å². The standard InChI is InChI=1S/C25H32ClN3O3/c1-28-14-13-25(17-5-10-21(31-3)22(15-17)32-4)12-11-19(16-23(25)28)27-24(30)29(2)20-8-6-18(26)7-9-20/h5-10,15,19,23H,11-14,16H2,1-4H3,(H,27,30)/t19-,23-,25+/m1/s1. The highest BCUT2D eigenvalue weighted by atomic mass is 35.5. The molecule has 2 aromatic carbocycles. The van der Waals surface area contributed by atoms with E-state index in [1.54, 1.807) is 38.3 Å². The van der Waals surface area contributed by atoms with Gasteiger partial charge >= 0.3 is 6.03 Å². The monoisotopic (exact) mass is 457 g/mol. The minimum Gasteiger partial charge on any atom is -0.493 e. The number of hydrogen-bond acceptors (Lipinski definition) is 4. The molecule has 1 heterocycles. The van der Waals surface area contributed by atoms with Crippen LogP contribution in [0.1, 0.15) is 31.2 Å². The maximum absolute atomic E-state index is 12.9. The van der Waals surface area contributed by atoms with Crippen molar-refractivity contribution < 1.29 is 14.3 Å². The summed E-state index contributed by atoms with van der Waals surface area (Å²) in [4.78, 5) is 17.0. The van der Waals surface area contributed by atoms with Gasteiger partial charge in [0.1, 0.15) is 0 Å². The first-order valence-electron chi connectivity index (χ1n) is 11.1. The van der Waals surface area contributed by atoms with Crippen LogP contribution in [0.4, 0.5) is 10.5 Å². The van der Waals surface area contributed by atoms with Crippen molar-refractivity contribution in [3.05, 3.63) is 53.1 Å². The Labute approximate surface area is 195 Å². The molecule has 1 N–H and O–H groups in total. The highest BCUT2D eigenvalue weighted by Crippen LogP contribution is 2.49. The van der Waals surface area contributed by atoms with Crippen LogP contribution in [0, 0.1) is 0 Å². The van der Waals surface area contributed by atoms with E-state index in [2.05, 4.69) is 29.4 Å². The summed E-state index contributed by atoms with van der Waals surface area (Å²) in [5.41, 5.74) is 2.19. The van der Waals surface area contributed by atoms with Gasteiger partial charge in [0.2, 0.25) is 0 Å². The molecule has 3 atom stereocenters. The first-order chi connectivity index (χ1) is 15.4. The molecule has 0 unspecified atom stereocenters. The predicted molar refractivity (Wildman–Crippen MR) is 128 cm³/mol. The number of ether oxygens (including phenoxy) is 2. The van der Waals surface area contributed by atoms with Crippen molar-refractivity contribution >= 4 is 23.3 Å². The molecule has 1 saturated heterocycles. The topological polar surface area (TPSA) is 54.0 Å². The first-order valence-corrected chi connectivity index (χ1v) is 11.5. The van der Waals surface area contributed by atoms with Crippen LogP contribution in [0.15, 0.2) is 42.5 Å². The van der Waals surface area contributed by atoms with Gasteiger partial charge < -0.3 is 19.7 Å². The fourth-order valence-electron chi connectivity index (χ4n) is 5.45. The van der Waals surface area contributed by atoms with E-state index in [0.29, 0.717) is 11.1 Å². The molecule has 2 amide bonds. The molecule has 0 bridgehead atoms. The van der Waals surface area contributed by atoms with E-state index < -0.39 is 0 Å². The van der Waals surface area contributed by atoms with Crippen LogP contribution in [-0.4, -0.2) is 57.9 Å². The average molecular weight is 458 g/mol. The molecular formula is C25H32ClN3O3. The Morgan fingerprint density at radius 3 is 2.53 bits per heavy atom. The molecule has 6 nitrogen and oxygen atoms in total. The minimum atomic E-state index is -0.0865. The van der Waals surface area contributed by atoms with Gasteiger partial charge in [0.15, 0.2) is 11.5 Å². The van der Waals surface area contributed by atoms with Crippen molar-refractivity contribution in [1.82, 2.24) is 10.2 Å². The highest BCUT2D eigenvalue weighted by molar-refractivity contribution is 6.30. The van der Waals surface area contributed by atoms with E-state index in [1.165, 1.54) is 5.56 Å². The number of urea groups is 1. The molecule has 0 spiro atoms. The molecule has 32 heavy (non-hydrogen) atoms. The van der Waals surface area contributed by atoms with Gasteiger partial charge in [-0.2, -0.15) is 0 Å². The molecule has 7 heteroatoms. The van der Waals surface area contributed by atoms with Gasteiger partial charge in [0.05, 0.1) is 14.2 Å². The lowest BCUT2D eigenvalue weighted by atomic mass is 9.65. The third-order valence-electron chi connectivity index (χ3n) is 7.33. The number of carbonyl (C=O) groups is 1. The minimum absolute atomic E-state index is 0.0671. The first kappa shape index (κ1) is 22.7. The Kier molecular flexibility index (Phi) is 6.54. The maximum Gasteiger partial charge on any atom is 0.321 e. The lowest BCUT2D eigenvalue weighted by molar-refractivity contribution is 0.155. The van der Waals surface area contributed by atoms with Gasteiger partial charge in [-0.1, -0.05) is 17.7 Å². The largest absolute Gasteiger partial charge is 0.493 e. The van der Waals surface area contributed by atoms with Crippen molar-refractivity contribution in [2.75, 3.05) is 39.8 Å². The maximum atomic E-state index is 12.9. The van der Waals surface area contributed by atoms with E-state index in [0.717, 1.165) is 49.4 Å². The van der Waals surface area contributed by atoms with Gasteiger partial charge in [-0.25, -0.2) is 4.79 Å². The number of nitrogens with zero attached hydrogens (tertiary/aromatic N) is 2. The second-order valence-electron chi connectivity index (χ2n) is 8.93. The SMILES string of the molecule is COc1ccc([C@@]23CC[C@@H](NC(=O)N(C)c4ccc(Cl)cc4)C[C@H]2N(C)CC3)cc1OC. The molecule has 2 aromatic rings. The molecule has 0 aromatic heterocycles. The molecule has 2 fully saturated rings. The van der Waals surface area contributed by atoms with Crippen molar-refractivity contribution in [3.8, 4) is 11.5 Å². The van der Waals surface area contributed by atoms with E-state index in [4.69, 9.17) is 21.1 Å². The van der Waals surface area contributed by atoms with Crippen LogP contribution in [-0.2, 0) is 5.41 Å². The Bertz CT molecular complexity index is 967. The average Bonchev–Trinajstić information content (AvgIpc) is 3.15. The van der Waals surface area contributed by atoms with E-state index in [-0.39, 0.29) is 17.5 Å². The number of benzene rings is 2. The lowest BCUT2D eigenvalue weighted by Gasteiger charge is -2.45. The normalized spacial score (nSPS) is 25.2. The zero-order valence-corrected chi connectivity index (χ0v) is 20.0. The van der Waals surface area contributed by atoms with Crippen molar-refractivity contribution in [2.45, 2.75) is 43.2 Å². The molecule has 4 rings (SSSR count). The number of anilines is 1. The van der Waals surface area contributed by atoms with E-state index >= 15 is 0 Å². The summed E-state index contributed by atoms with van der Waals surface area (Å²) in [6.45, 7) is 1.05. The second-order valence-corrected chi connectivity index (χ2v) is 9.36. The summed E-state index contributed by atoms with van der Waals surface area (Å²) in [7, 11) is 7.33. The third-order valence-corrected chi connectivity index (χ3v) is 7.58. The van der Waals surface area contributed by atoms with Gasteiger partial charge in [-0.05, 0) is 81.2 Å². The molecule has 1 aliphatic heterocycles. The van der Waals surface area contributed by atoms with Crippen LogP contribution in [0.5, 0.6) is 11.5 Å². The van der Waals surface area contributed by atoms with Crippen LogP contribution in [0.2, 0.25) is 5.02 Å². The summed E-state index contributed by atoms with van der Waals surface area (Å²) in [5, 5.41) is 3.92. The lowest BCUT2D eigenvalue weighted by Crippen LogP contribution is -2.53. The summed E-state index contributed by atoms with van der Waals surface area (Å²) >= 11 is 5.98. The van der Waals surface area contributed by atoms with Gasteiger partial charge in [0, 0.05) is 35.3 Å². The number of halogens is 1. The highest BCUT2D eigenvalue weighted by Gasteiger charge is 2.50. The van der Waals surface area contributed by atoms with Crippen LogP contribution >= 0.6 is 11.6 Å². The fourth-order valence-corrected chi connectivity index (χ4v) is 5.57. The number of nitrogens with one attached hydrogen (secondary N) is 1. The Balaban J connectivity index is 1.50. The zero-order valence-electron chi connectivity index (χ0n) is 19.2. The Morgan fingerprint density at radius 1 is 1.12 bits per heavy atom. The van der Waals surface area contributed by atoms with E-state index in [1.807, 2.05) is 18.2 Å². The number of likely N-dealkylation sites (tertiary alicyclic amines) is 1. The van der Waals surface area contributed by atoms with Crippen LogP contribution < -0.4 is 19.7 Å². The molecule has 2 aliphatic rings. The number of methoxy groups -OCH3 is 2. The van der Waals surface area contributed by atoms with E-state index in [9.17, 15) is 4.79 Å². The van der Waals surface area contributed by atoms with Gasteiger partial charge in [-0.3, -0.25) is 4.90 Å². The summed E-state index contributed by atoms with van der Waals surface area (Å²) in [5.74, 6) is 1.52. The predicted octanol–water partition coefficient (Wildman–Crippen LogP) is 4.70. The summed E-state index contributed by atoms with van der Waals surface area (Å²) in [6, 6.07) is 14.0. The smallest absolute Gasteiger partial charge is 0.321 e. The number of hydrogen-bond donors (Lipinski definition) is 1. The molecule has 172 valence electrons. The molecule has 1 saturated carbocycles. The number of fused-ring (bicyclic) bond motifs is 1. The summed E-state index contributed by atoms with van der Waals surface area (Å²) < 4.78 is 11.0. The number of carbonyl (C=O) groups excluding carboxylic acids is 1. The quantitative estimate of drug-likeness (QED) is 0.707. The Hall–Kier alpha value is -2.44. The van der Waals surface area contributed by atoms with Crippen molar-refractivity contribution in [1.29, 1.82) is 0 Å². The van der Waals surface area contributed by atoms with Crippen LogP contribution in [0.3, 0.4) is 0 Å². The number of likely N-dealkylation sites (N-methyl/N-ethyl adjacent to an activating group) is 1. The number of rotatable bonds is 5. The van der Waals surface area contributed by atoms with Crippen molar-refractivity contribution in [3.63, 3.8) is 0 Å².